The summed E-state index contributed by atoms with van der Waals surface area (Å²) >= 11 is 1.17. The van der Waals surface area contributed by atoms with Crippen LogP contribution in [0, 0.1) is 0 Å². The van der Waals surface area contributed by atoms with Crippen molar-refractivity contribution < 1.29 is 4.79 Å². The summed E-state index contributed by atoms with van der Waals surface area (Å²) in [6.45, 7) is 4.97. The number of allylic oxidation sites excluding steroid dienone is 2. The number of hydrogen-bond acceptors (Lipinski definition) is 2. The number of rotatable bonds is 2. The van der Waals surface area contributed by atoms with Gasteiger partial charge in [-0.05, 0) is 5.41 Å². The molecular weight excluding hydrogens is 120 g/mol. The quantitative estimate of drug-likeness (QED) is 0.529. The minimum atomic E-state index is 0.100. The van der Waals surface area contributed by atoms with E-state index in [1.165, 1.54) is 18.7 Å². The highest BCUT2D eigenvalue weighted by Gasteiger charge is 1.82. The Kier molecular flexibility index (Phi) is 4.36. The molecule has 0 aromatic rings. The summed E-state index contributed by atoms with van der Waals surface area (Å²) in [5, 5.41) is 1.80. The molecule has 0 atom stereocenters. The molecule has 0 saturated carbocycles. The van der Waals surface area contributed by atoms with Crippen LogP contribution in [0.4, 0.5) is 0 Å². The Labute approximate surface area is 53.5 Å². The molecular formula is C6H8OS. The maximum absolute atomic E-state index is 10.2. The highest BCUT2D eigenvalue weighted by Crippen LogP contribution is 2.01. The first-order valence-electron chi connectivity index (χ1n) is 2.22. The molecule has 0 bridgehead atoms. The SMILES string of the molecule is C=C/C=C\SC(C)=O. The van der Waals surface area contributed by atoms with Crippen molar-refractivity contribution in [2.75, 3.05) is 0 Å². The van der Waals surface area contributed by atoms with Gasteiger partial charge in [0.25, 0.3) is 0 Å². The summed E-state index contributed by atoms with van der Waals surface area (Å²) in [6.07, 6.45) is 3.36. The second kappa shape index (κ2) is 4.65. The molecule has 8 heavy (non-hydrogen) atoms. The van der Waals surface area contributed by atoms with Crippen molar-refractivity contribution in [2.24, 2.45) is 0 Å². The zero-order valence-corrected chi connectivity index (χ0v) is 5.57. The number of hydrogen-bond donors (Lipinski definition) is 0. The van der Waals surface area contributed by atoms with Crippen molar-refractivity contribution in [3.8, 4) is 0 Å². The summed E-state index contributed by atoms with van der Waals surface area (Å²) in [6, 6.07) is 0. The fourth-order valence-electron chi connectivity index (χ4n) is 0.191. The van der Waals surface area contributed by atoms with Crippen molar-refractivity contribution in [3.05, 3.63) is 24.1 Å². The van der Waals surface area contributed by atoms with Crippen molar-refractivity contribution >= 4 is 16.9 Å². The lowest BCUT2D eigenvalue weighted by Gasteiger charge is -1.78. The van der Waals surface area contributed by atoms with E-state index in [4.69, 9.17) is 0 Å². The van der Waals surface area contributed by atoms with E-state index in [0.29, 0.717) is 0 Å². The highest BCUT2D eigenvalue weighted by atomic mass is 32.2. The second-order valence-electron chi connectivity index (χ2n) is 1.17. The van der Waals surface area contributed by atoms with Crippen LogP contribution in [0.3, 0.4) is 0 Å². The van der Waals surface area contributed by atoms with Crippen LogP contribution in [0.2, 0.25) is 0 Å². The molecule has 1 nitrogen and oxygen atoms in total. The molecule has 0 aromatic heterocycles. The van der Waals surface area contributed by atoms with E-state index in [-0.39, 0.29) is 5.12 Å². The average Bonchev–Trinajstić information content (AvgIpc) is 1.66. The Morgan fingerprint density at radius 1 is 1.75 bits per heavy atom. The van der Waals surface area contributed by atoms with Crippen LogP contribution in [0.15, 0.2) is 24.1 Å². The van der Waals surface area contributed by atoms with Gasteiger partial charge in [-0.25, -0.2) is 0 Å². The maximum atomic E-state index is 10.2. The molecule has 0 spiro atoms. The summed E-state index contributed by atoms with van der Waals surface area (Å²) < 4.78 is 0. The Morgan fingerprint density at radius 2 is 2.38 bits per heavy atom. The maximum Gasteiger partial charge on any atom is 0.190 e. The zero-order chi connectivity index (χ0) is 6.41. The van der Waals surface area contributed by atoms with Gasteiger partial charge in [0.2, 0.25) is 0 Å². The Balaban J connectivity index is 3.29. The number of carbonyl (C=O) groups excluding carboxylic acids is 1. The minimum Gasteiger partial charge on any atom is -0.287 e. The predicted molar refractivity (Wildman–Crippen MR) is 37.6 cm³/mol. The van der Waals surface area contributed by atoms with Crippen LogP contribution < -0.4 is 0 Å². The molecule has 44 valence electrons. The summed E-state index contributed by atoms with van der Waals surface area (Å²) in [5.74, 6) is 0. The van der Waals surface area contributed by atoms with Gasteiger partial charge in [-0.2, -0.15) is 0 Å². The molecule has 0 radical (unpaired) electrons. The Hall–Kier alpha value is -0.500. The predicted octanol–water partition coefficient (Wildman–Crippen LogP) is 1.97. The van der Waals surface area contributed by atoms with E-state index >= 15 is 0 Å². The van der Waals surface area contributed by atoms with Crippen molar-refractivity contribution in [2.45, 2.75) is 6.92 Å². The summed E-state index contributed by atoms with van der Waals surface area (Å²) in [7, 11) is 0. The molecule has 0 aromatic carbocycles. The molecule has 0 fully saturated rings. The van der Waals surface area contributed by atoms with Crippen LogP contribution in [-0.4, -0.2) is 5.12 Å². The van der Waals surface area contributed by atoms with Gasteiger partial charge in [0.15, 0.2) is 5.12 Å². The molecule has 0 aliphatic heterocycles. The van der Waals surface area contributed by atoms with Crippen LogP contribution >= 0.6 is 11.8 Å². The standard InChI is InChI=1S/C6H8OS/c1-3-4-5-8-6(2)7/h3-5H,1H2,2H3/b5-4-. The Morgan fingerprint density at radius 3 is 2.75 bits per heavy atom. The third kappa shape index (κ3) is 5.50. The first-order chi connectivity index (χ1) is 3.77. The van der Waals surface area contributed by atoms with E-state index in [0.717, 1.165) is 0 Å². The van der Waals surface area contributed by atoms with Gasteiger partial charge >= 0.3 is 0 Å². The number of carbonyl (C=O) groups is 1. The normalized spacial score (nSPS) is 9.62. The lowest BCUT2D eigenvalue weighted by atomic mass is 10.6. The molecule has 0 rings (SSSR count). The van der Waals surface area contributed by atoms with Crippen LogP contribution in [0.1, 0.15) is 6.92 Å². The monoisotopic (exact) mass is 128 g/mol. The minimum absolute atomic E-state index is 0.100. The molecule has 0 unspecified atom stereocenters. The van der Waals surface area contributed by atoms with Gasteiger partial charge in [0.05, 0.1) is 0 Å². The van der Waals surface area contributed by atoms with E-state index in [1.807, 2.05) is 0 Å². The van der Waals surface area contributed by atoms with Crippen molar-refractivity contribution in [3.63, 3.8) is 0 Å². The third-order valence-electron chi connectivity index (χ3n) is 0.449. The van der Waals surface area contributed by atoms with Crippen LogP contribution in [-0.2, 0) is 4.79 Å². The zero-order valence-electron chi connectivity index (χ0n) is 4.76. The van der Waals surface area contributed by atoms with Crippen molar-refractivity contribution in [1.29, 1.82) is 0 Å². The fraction of sp³-hybridized carbons (Fsp3) is 0.167. The molecule has 0 heterocycles. The van der Waals surface area contributed by atoms with Crippen LogP contribution in [0.5, 0.6) is 0 Å². The Bertz CT molecular complexity index is 116. The van der Waals surface area contributed by atoms with E-state index < -0.39 is 0 Å². The second-order valence-corrected chi connectivity index (χ2v) is 2.26. The molecule has 0 amide bonds. The molecule has 0 aliphatic carbocycles. The summed E-state index contributed by atoms with van der Waals surface area (Å²) in [4.78, 5) is 10.2. The molecule has 2 heteroatoms. The molecule has 0 saturated heterocycles. The van der Waals surface area contributed by atoms with E-state index in [9.17, 15) is 4.79 Å². The van der Waals surface area contributed by atoms with Gasteiger partial charge in [-0.15, -0.1) is 0 Å². The average molecular weight is 128 g/mol. The van der Waals surface area contributed by atoms with Gasteiger partial charge in [-0.1, -0.05) is 30.5 Å². The van der Waals surface area contributed by atoms with Gasteiger partial charge in [0.1, 0.15) is 0 Å². The van der Waals surface area contributed by atoms with Crippen LogP contribution in [0.25, 0.3) is 0 Å². The van der Waals surface area contributed by atoms with E-state index in [1.54, 1.807) is 17.6 Å². The topological polar surface area (TPSA) is 17.1 Å². The van der Waals surface area contributed by atoms with Gasteiger partial charge in [0, 0.05) is 6.92 Å². The lowest BCUT2D eigenvalue weighted by Crippen LogP contribution is -1.72. The smallest absolute Gasteiger partial charge is 0.190 e. The van der Waals surface area contributed by atoms with Gasteiger partial charge in [-0.3, -0.25) is 4.79 Å². The molecule has 0 aliphatic rings. The largest absolute Gasteiger partial charge is 0.287 e. The fourth-order valence-corrected chi connectivity index (χ4v) is 0.572. The molecule has 0 N–H and O–H groups in total. The first kappa shape index (κ1) is 7.50. The lowest BCUT2D eigenvalue weighted by molar-refractivity contribution is -0.109. The third-order valence-corrected chi connectivity index (χ3v) is 1.07. The van der Waals surface area contributed by atoms with Crippen molar-refractivity contribution in [1.82, 2.24) is 0 Å². The summed E-state index contributed by atoms with van der Waals surface area (Å²) in [5.41, 5.74) is 0. The first-order valence-corrected chi connectivity index (χ1v) is 3.10. The number of thioether (sulfide) groups is 1. The highest BCUT2D eigenvalue weighted by molar-refractivity contribution is 8.16. The van der Waals surface area contributed by atoms with E-state index in [2.05, 4.69) is 6.58 Å². The van der Waals surface area contributed by atoms with Gasteiger partial charge < -0.3 is 0 Å².